The number of nitro groups is 1. The van der Waals surface area contributed by atoms with Crippen molar-refractivity contribution >= 4 is 23.2 Å². The van der Waals surface area contributed by atoms with Crippen molar-refractivity contribution in [2.24, 2.45) is 0 Å². The average Bonchev–Trinajstić information content (AvgIpc) is 2.72. The molecule has 2 aromatic rings. The summed E-state index contributed by atoms with van der Waals surface area (Å²) in [6.45, 7) is 0.0894. The quantitative estimate of drug-likeness (QED) is 0.486. The van der Waals surface area contributed by atoms with Gasteiger partial charge in [-0.3, -0.25) is 19.7 Å². The number of non-ortho nitro benzene ring substituents is 1. The Kier molecular flexibility index (Phi) is 7.35. The molecular formula is C19H21N3O7. The molecule has 2 N–H and O–H groups in total. The normalized spacial score (nSPS) is 10.0. The fourth-order valence-corrected chi connectivity index (χ4v) is 2.50. The molecule has 0 aliphatic carbocycles. The van der Waals surface area contributed by atoms with Crippen LogP contribution in [0.5, 0.6) is 17.2 Å². The third-order valence-electron chi connectivity index (χ3n) is 3.93. The second-order valence-corrected chi connectivity index (χ2v) is 5.77. The van der Waals surface area contributed by atoms with Gasteiger partial charge < -0.3 is 24.8 Å². The highest BCUT2D eigenvalue weighted by atomic mass is 16.6. The van der Waals surface area contributed by atoms with E-state index in [0.29, 0.717) is 22.9 Å². The number of nitrogens with zero attached hydrogens (tertiary/aromatic N) is 1. The third-order valence-corrected chi connectivity index (χ3v) is 3.93. The van der Waals surface area contributed by atoms with E-state index in [1.165, 1.54) is 45.6 Å². The van der Waals surface area contributed by atoms with Gasteiger partial charge in [0.2, 0.25) is 11.7 Å². The summed E-state index contributed by atoms with van der Waals surface area (Å²) in [5.41, 5.74) is 0.609. The first-order valence-electron chi connectivity index (χ1n) is 8.52. The van der Waals surface area contributed by atoms with E-state index < -0.39 is 10.8 Å². The Balaban J connectivity index is 1.91. The SMILES string of the molecule is COc1cc(NC(=O)CCNC(=O)c2ccc([N+](=O)[O-])cc2)cc(OC)c1OC. The van der Waals surface area contributed by atoms with E-state index >= 15 is 0 Å². The molecule has 2 rings (SSSR count). The summed E-state index contributed by atoms with van der Waals surface area (Å²) >= 11 is 0. The Morgan fingerprint density at radius 3 is 2.07 bits per heavy atom. The van der Waals surface area contributed by atoms with Crippen LogP contribution >= 0.6 is 0 Å². The van der Waals surface area contributed by atoms with Gasteiger partial charge in [-0.05, 0) is 12.1 Å². The van der Waals surface area contributed by atoms with Gasteiger partial charge in [0.15, 0.2) is 11.5 Å². The second kappa shape index (κ2) is 9.93. The number of anilines is 1. The lowest BCUT2D eigenvalue weighted by atomic mass is 10.2. The summed E-state index contributed by atoms with van der Waals surface area (Å²) < 4.78 is 15.7. The number of methoxy groups -OCH3 is 3. The molecule has 0 atom stereocenters. The van der Waals surface area contributed by atoms with Crippen molar-refractivity contribution in [1.29, 1.82) is 0 Å². The highest BCUT2D eigenvalue weighted by Gasteiger charge is 2.15. The maximum atomic E-state index is 12.2. The minimum Gasteiger partial charge on any atom is -0.493 e. The molecule has 0 aliphatic rings. The number of ether oxygens (including phenoxy) is 3. The standard InChI is InChI=1S/C19H21N3O7/c1-27-15-10-13(11-16(28-2)18(15)29-3)21-17(23)8-9-20-19(24)12-4-6-14(7-5-12)22(25)26/h4-7,10-11H,8-9H2,1-3H3,(H,20,24)(H,21,23). The van der Waals surface area contributed by atoms with Gasteiger partial charge >= 0.3 is 0 Å². The summed E-state index contributed by atoms with van der Waals surface area (Å²) in [5.74, 6) is 0.439. The van der Waals surface area contributed by atoms with Crippen molar-refractivity contribution in [3.63, 3.8) is 0 Å². The topological polar surface area (TPSA) is 129 Å². The van der Waals surface area contributed by atoms with Gasteiger partial charge in [-0.1, -0.05) is 0 Å². The molecule has 0 aromatic heterocycles. The maximum Gasteiger partial charge on any atom is 0.269 e. The Morgan fingerprint density at radius 1 is 1.00 bits per heavy atom. The number of nitrogens with one attached hydrogen (secondary N) is 2. The number of benzene rings is 2. The summed E-state index contributed by atoms with van der Waals surface area (Å²) in [4.78, 5) is 34.3. The van der Waals surface area contributed by atoms with Crippen LogP contribution in [0.25, 0.3) is 0 Å². The minimum absolute atomic E-state index is 0.0232. The van der Waals surface area contributed by atoms with Crippen molar-refractivity contribution in [3.8, 4) is 17.2 Å². The molecule has 0 saturated heterocycles. The van der Waals surface area contributed by atoms with Crippen LogP contribution in [0.4, 0.5) is 11.4 Å². The van der Waals surface area contributed by atoms with Crippen LogP contribution in [0.2, 0.25) is 0 Å². The second-order valence-electron chi connectivity index (χ2n) is 5.77. The van der Waals surface area contributed by atoms with Crippen molar-refractivity contribution in [1.82, 2.24) is 5.32 Å². The van der Waals surface area contributed by atoms with Crippen LogP contribution in [0, 0.1) is 10.1 Å². The first-order valence-corrected chi connectivity index (χ1v) is 8.52. The lowest BCUT2D eigenvalue weighted by molar-refractivity contribution is -0.384. The molecule has 29 heavy (non-hydrogen) atoms. The largest absolute Gasteiger partial charge is 0.493 e. The summed E-state index contributed by atoms with van der Waals surface area (Å²) in [5, 5.41) is 15.9. The zero-order valence-electron chi connectivity index (χ0n) is 16.2. The summed E-state index contributed by atoms with van der Waals surface area (Å²) in [6, 6.07) is 8.37. The van der Waals surface area contributed by atoms with E-state index in [0.717, 1.165) is 0 Å². The van der Waals surface area contributed by atoms with Gasteiger partial charge in [0.05, 0.1) is 26.3 Å². The molecule has 0 aliphatic heterocycles. The predicted molar refractivity (Wildman–Crippen MR) is 105 cm³/mol. The fourth-order valence-electron chi connectivity index (χ4n) is 2.50. The Labute approximate surface area is 166 Å². The number of rotatable bonds is 9. The molecule has 0 radical (unpaired) electrons. The number of nitro benzene ring substituents is 1. The minimum atomic E-state index is -0.546. The lowest BCUT2D eigenvalue weighted by Gasteiger charge is -2.14. The summed E-state index contributed by atoms with van der Waals surface area (Å²) in [6.07, 6.45) is 0.0232. The van der Waals surface area contributed by atoms with Crippen LogP contribution in [-0.4, -0.2) is 44.6 Å². The Morgan fingerprint density at radius 2 is 1.59 bits per heavy atom. The molecule has 0 saturated carbocycles. The van der Waals surface area contributed by atoms with Crippen LogP contribution in [0.1, 0.15) is 16.8 Å². The molecule has 2 amide bonds. The first kappa shape index (κ1) is 21.5. The molecule has 154 valence electrons. The van der Waals surface area contributed by atoms with Crippen LogP contribution < -0.4 is 24.8 Å². The van der Waals surface area contributed by atoms with Crippen molar-refractivity contribution in [2.75, 3.05) is 33.2 Å². The van der Waals surface area contributed by atoms with E-state index in [2.05, 4.69) is 10.6 Å². The predicted octanol–water partition coefficient (Wildman–Crippen LogP) is 2.38. The van der Waals surface area contributed by atoms with Crippen LogP contribution in [0.15, 0.2) is 36.4 Å². The zero-order valence-corrected chi connectivity index (χ0v) is 16.2. The summed E-state index contributed by atoms with van der Waals surface area (Å²) in [7, 11) is 4.42. The van der Waals surface area contributed by atoms with Gasteiger partial charge in [0.25, 0.3) is 11.6 Å². The van der Waals surface area contributed by atoms with E-state index in [1.807, 2.05) is 0 Å². The third kappa shape index (κ3) is 5.58. The number of amides is 2. The van der Waals surface area contributed by atoms with Crippen LogP contribution in [0.3, 0.4) is 0 Å². The van der Waals surface area contributed by atoms with E-state index in [4.69, 9.17) is 14.2 Å². The molecule has 0 fully saturated rings. The molecule has 0 spiro atoms. The van der Waals surface area contributed by atoms with Crippen molar-refractivity contribution in [2.45, 2.75) is 6.42 Å². The fraction of sp³-hybridized carbons (Fsp3) is 0.263. The van der Waals surface area contributed by atoms with Gasteiger partial charge in [-0.15, -0.1) is 0 Å². The van der Waals surface area contributed by atoms with Gasteiger partial charge in [0, 0.05) is 48.5 Å². The molecular weight excluding hydrogens is 382 g/mol. The zero-order chi connectivity index (χ0) is 21.4. The van der Waals surface area contributed by atoms with E-state index in [-0.39, 0.29) is 30.1 Å². The Bertz CT molecular complexity index is 872. The van der Waals surface area contributed by atoms with E-state index in [1.54, 1.807) is 12.1 Å². The number of hydrogen-bond donors (Lipinski definition) is 2. The monoisotopic (exact) mass is 403 g/mol. The molecule has 10 heteroatoms. The van der Waals surface area contributed by atoms with Crippen LogP contribution in [-0.2, 0) is 4.79 Å². The average molecular weight is 403 g/mol. The first-order chi connectivity index (χ1) is 13.9. The smallest absolute Gasteiger partial charge is 0.269 e. The highest BCUT2D eigenvalue weighted by molar-refractivity contribution is 5.95. The molecule has 0 bridgehead atoms. The van der Waals surface area contributed by atoms with Crippen molar-refractivity contribution < 1.29 is 28.7 Å². The van der Waals surface area contributed by atoms with E-state index in [9.17, 15) is 19.7 Å². The molecule has 2 aromatic carbocycles. The van der Waals surface area contributed by atoms with Gasteiger partial charge in [0.1, 0.15) is 0 Å². The number of carbonyl (C=O) groups is 2. The molecule has 0 unspecified atom stereocenters. The van der Waals surface area contributed by atoms with Gasteiger partial charge in [-0.2, -0.15) is 0 Å². The maximum absolute atomic E-state index is 12.2. The van der Waals surface area contributed by atoms with Gasteiger partial charge in [-0.25, -0.2) is 0 Å². The Hall–Kier alpha value is -3.82. The lowest BCUT2D eigenvalue weighted by Crippen LogP contribution is -2.27. The number of hydrogen-bond acceptors (Lipinski definition) is 7. The number of carbonyl (C=O) groups excluding carboxylic acids is 2. The molecule has 0 heterocycles. The van der Waals surface area contributed by atoms with Crippen molar-refractivity contribution in [3.05, 3.63) is 52.1 Å². The molecule has 10 nitrogen and oxygen atoms in total. The highest BCUT2D eigenvalue weighted by Crippen LogP contribution is 2.39.